The second-order valence-electron chi connectivity index (χ2n) is 4.99. The molecule has 1 rings (SSSR count). The van der Waals surface area contributed by atoms with Crippen molar-refractivity contribution in [2.24, 2.45) is 5.92 Å². The van der Waals surface area contributed by atoms with E-state index < -0.39 is 5.97 Å². The fourth-order valence-corrected chi connectivity index (χ4v) is 2.53. The van der Waals surface area contributed by atoms with E-state index >= 15 is 0 Å². The van der Waals surface area contributed by atoms with E-state index in [2.05, 4.69) is 12.2 Å². The topological polar surface area (TPSA) is 49.3 Å². The zero-order valence-electron chi connectivity index (χ0n) is 10.4. The smallest absolute Gasteiger partial charge is 0.303 e. The van der Waals surface area contributed by atoms with E-state index in [9.17, 15) is 4.79 Å². The standard InChI is InChI=1S/C13H25NO2/c1-11(12-7-3-2-4-8-12)14-10-6-5-9-13(15)16/h11-12,14H,2-10H2,1H3,(H,15,16). The quantitative estimate of drug-likeness (QED) is 0.657. The third-order valence-corrected chi connectivity index (χ3v) is 3.64. The lowest BCUT2D eigenvalue weighted by molar-refractivity contribution is -0.137. The van der Waals surface area contributed by atoms with Crippen LogP contribution < -0.4 is 5.32 Å². The molecule has 3 nitrogen and oxygen atoms in total. The van der Waals surface area contributed by atoms with Crippen LogP contribution in [-0.4, -0.2) is 23.7 Å². The van der Waals surface area contributed by atoms with Gasteiger partial charge in [-0.1, -0.05) is 19.3 Å². The largest absolute Gasteiger partial charge is 0.481 e. The van der Waals surface area contributed by atoms with Crippen LogP contribution in [0.4, 0.5) is 0 Å². The van der Waals surface area contributed by atoms with Crippen molar-refractivity contribution in [2.45, 2.75) is 64.3 Å². The van der Waals surface area contributed by atoms with Crippen molar-refractivity contribution in [1.29, 1.82) is 0 Å². The number of carboxylic acids is 1. The Hall–Kier alpha value is -0.570. The number of hydrogen-bond acceptors (Lipinski definition) is 2. The van der Waals surface area contributed by atoms with Gasteiger partial charge in [0.15, 0.2) is 0 Å². The summed E-state index contributed by atoms with van der Waals surface area (Å²) in [6, 6.07) is 0.602. The first-order valence-electron chi connectivity index (χ1n) is 6.65. The van der Waals surface area contributed by atoms with Gasteiger partial charge in [0.2, 0.25) is 0 Å². The molecule has 16 heavy (non-hydrogen) atoms. The number of rotatable bonds is 7. The van der Waals surface area contributed by atoms with E-state index in [4.69, 9.17) is 5.11 Å². The van der Waals surface area contributed by atoms with Crippen molar-refractivity contribution in [1.82, 2.24) is 5.32 Å². The maximum atomic E-state index is 10.3. The van der Waals surface area contributed by atoms with Crippen LogP contribution in [0.5, 0.6) is 0 Å². The zero-order valence-corrected chi connectivity index (χ0v) is 10.4. The van der Waals surface area contributed by atoms with Crippen LogP contribution >= 0.6 is 0 Å². The van der Waals surface area contributed by atoms with Gasteiger partial charge in [-0.3, -0.25) is 4.79 Å². The van der Waals surface area contributed by atoms with Gasteiger partial charge in [0.1, 0.15) is 0 Å². The highest BCUT2D eigenvalue weighted by atomic mass is 16.4. The van der Waals surface area contributed by atoms with E-state index in [1.165, 1.54) is 32.1 Å². The average Bonchev–Trinajstić information content (AvgIpc) is 2.29. The molecule has 1 saturated carbocycles. The maximum Gasteiger partial charge on any atom is 0.303 e. The summed E-state index contributed by atoms with van der Waals surface area (Å²) in [6.45, 7) is 3.23. The summed E-state index contributed by atoms with van der Waals surface area (Å²) in [7, 11) is 0. The molecule has 0 aromatic heterocycles. The fraction of sp³-hybridized carbons (Fsp3) is 0.923. The molecule has 0 spiro atoms. The molecule has 0 amide bonds. The molecule has 3 heteroatoms. The lowest BCUT2D eigenvalue weighted by atomic mass is 9.84. The summed E-state index contributed by atoms with van der Waals surface area (Å²) in [6.07, 6.45) is 8.97. The SMILES string of the molecule is CC(NCCCCC(=O)O)C1CCCCC1. The van der Waals surface area contributed by atoms with Gasteiger partial charge >= 0.3 is 5.97 Å². The van der Waals surface area contributed by atoms with Crippen LogP contribution in [0, 0.1) is 5.92 Å². The van der Waals surface area contributed by atoms with Crippen LogP contribution in [0.2, 0.25) is 0 Å². The molecule has 0 aromatic rings. The maximum absolute atomic E-state index is 10.3. The molecule has 1 aliphatic carbocycles. The van der Waals surface area contributed by atoms with Crippen LogP contribution in [0.15, 0.2) is 0 Å². The van der Waals surface area contributed by atoms with Crippen LogP contribution in [-0.2, 0) is 4.79 Å². The minimum absolute atomic E-state index is 0.305. The van der Waals surface area contributed by atoms with Crippen LogP contribution in [0.1, 0.15) is 58.3 Å². The number of nitrogens with one attached hydrogen (secondary N) is 1. The van der Waals surface area contributed by atoms with E-state index in [0.717, 1.165) is 25.3 Å². The van der Waals surface area contributed by atoms with Crippen molar-refractivity contribution in [2.75, 3.05) is 6.54 Å². The van der Waals surface area contributed by atoms with Gasteiger partial charge in [-0.2, -0.15) is 0 Å². The Bertz CT molecular complexity index is 200. The number of hydrogen-bond donors (Lipinski definition) is 2. The zero-order chi connectivity index (χ0) is 11.8. The summed E-state index contributed by atoms with van der Waals surface area (Å²) in [5.74, 6) is 0.161. The van der Waals surface area contributed by atoms with Crippen molar-refractivity contribution < 1.29 is 9.90 Å². The second-order valence-corrected chi connectivity index (χ2v) is 4.99. The first-order valence-corrected chi connectivity index (χ1v) is 6.65. The molecule has 0 heterocycles. The normalized spacial score (nSPS) is 19.6. The first-order chi connectivity index (χ1) is 7.70. The molecule has 1 atom stereocenters. The lowest BCUT2D eigenvalue weighted by Gasteiger charge is -2.28. The Morgan fingerprint density at radius 2 is 2.00 bits per heavy atom. The Morgan fingerprint density at radius 1 is 1.31 bits per heavy atom. The Labute approximate surface area is 98.6 Å². The van der Waals surface area contributed by atoms with E-state index in [-0.39, 0.29) is 0 Å². The Balaban J connectivity index is 2.00. The third-order valence-electron chi connectivity index (χ3n) is 3.64. The fourth-order valence-electron chi connectivity index (χ4n) is 2.53. The van der Waals surface area contributed by atoms with Crippen molar-refractivity contribution in [3.63, 3.8) is 0 Å². The molecule has 0 aliphatic heterocycles. The first kappa shape index (κ1) is 13.5. The highest BCUT2D eigenvalue weighted by Gasteiger charge is 2.18. The molecule has 1 fully saturated rings. The summed E-state index contributed by atoms with van der Waals surface area (Å²) in [4.78, 5) is 10.3. The van der Waals surface area contributed by atoms with Gasteiger partial charge in [0.25, 0.3) is 0 Å². The molecule has 94 valence electrons. The van der Waals surface area contributed by atoms with Crippen LogP contribution in [0.3, 0.4) is 0 Å². The molecule has 1 aliphatic rings. The summed E-state index contributed by atoms with van der Waals surface area (Å²) in [5.41, 5.74) is 0. The number of carboxylic acid groups (broad SMARTS) is 1. The third kappa shape index (κ3) is 5.50. The minimum Gasteiger partial charge on any atom is -0.481 e. The number of carbonyl (C=O) groups is 1. The highest BCUT2D eigenvalue weighted by molar-refractivity contribution is 5.66. The van der Waals surface area contributed by atoms with Crippen LogP contribution in [0.25, 0.3) is 0 Å². The molecular formula is C13H25NO2. The molecular weight excluding hydrogens is 202 g/mol. The number of aliphatic carboxylic acids is 1. The molecule has 0 saturated heterocycles. The minimum atomic E-state index is -0.680. The molecule has 0 radical (unpaired) electrons. The summed E-state index contributed by atoms with van der Waals surface area (Å²) in [5, 5.41) is 12.0. The van der Waals surface area contributed by atoms with Crippen molar-refractivity contribution in [3.05, 3.63) is 0 Å². The highest BCUT2D eigenvalue weighted by Crippen LogP contribution is 2.26. The molecule has 0 aromatic carbocycles. The molecule has 0 bridgehead atoms. The van der Waals surface area contributed by atoms with E-state index in [1.807, 2.05) is 0 Å². The lowest BCUT2D eigenvalue weighted by Crippen LogP contribution is -2.35. The van der Waals surface area contributed by atoms with Crippen molar-refractivity contribution >= 4 is 5.97 Å². The van der Waals surface area contributed by atoms with Gasteiger partial charge in [0, 0.05) is 12.5 Å². The predicted molar refractivity (Wildman–Crippen MR) is 65.5 cm³/mol. The van der Waals surface area contributed by atoms with Gasteiger partial charge in [-0.05, 0) is 45.1 Å². The molecule has 2 N–H and O–H groups in total. The summed E-state index contributed by atoms with van der Waals surface area (Å²) >= 11 is 0. The summed E-state index contributed by atoms with van der Waals surface area (Å²) < 4.78 is 0. The van der Waals surface area contributed by atoms with Gasteiger partial charge < -0.3 is 10.4 Å². The van der Waals surface area contributed by atoms with E-state index in [0.29, 0.717) is 12.5 Å². The van der Waals surface area contributed by atoms with Gasteiger partial charge in [0.05, 0.1) is 0 Å². The Morgan fingerprint density at radius 3 is 2.62 bits per heavy atom. The Kier molecular flexibility index (Phi) is 6.46. The van der Waals surface area contributed by atoms with E-state index in [1.54, 1.807) is 0 Å². The monoisotopic (exact) mass is 227 g/mol. The van der Waals surface area contributed by atoms with Gasteiger partial charge in [-0.25, -0.2) is 0 Å². The second kappa shape index (κ2) is 7.66. The molecule has 1 unspecified atom stereocenters. The van der Waals surface area contributed by atoms with Crippen molar-refractivity contribution in [3.8, 4) is 0 Å². The predicted octanol–water partition coefficient (Wildman–Crippen LogP) is 2.80. The number of unbranched alkanes of at least 4 members (excludes halogenated alkanes) is 1. The van der Waals surface area contributed by atoms with Gasteiger partial charge in [-0.15, -0.1) is 0 Å². The average molecular weight is 227 g/mol.